The summed E-state index contributed by atoms with van der Waals surface area (Å²) in [5, 5.41) is 4.19. The highest BCUT2D eigenvalue weighted by Crippen LogP contribution is 2.24. The molecule has 0 saturated carbocycles. The molecule has 0 bridgehead atoms. The topological polar surface area (TPSA) is 74.6 Å². The zero-order chi connectivity index (χ0) is 19.7. The van der Waals surface area contributed by atoms with Crippen molar-refractivity contribution in [2.45, 2.75) is 25.8 Å². The van der Waals surface area contributed by atoms with Gasteiger partial charge < -0.3 is 9.80 Å². The van der Waals surface area contributed by atoms with Crippen LogP contribution in [0.1, 0.15) is 28.9 Å². The Hall–Kier alpha value is -2.74. The van der Waals surface area contributed by atoms with E-state index >= 15 is 0 Å². The van der Waals surface area contributed by atoms with Crippen LogP contribution in [0, 0.1) is 6.92 Å². The van der Waals surface area contributed by atoms with Crippen LogP contribution in [-0.4, -0.2) is 75.1 Å². The van der Waals surface area contributed by atoms with E-state index in [4.69, 9.17) is 0 Å². The van der Waals surface area contributed by atoms with E-state index in [0.717, 1.165) is 30.8 Å². The van der Waals surface area contributed by atoms with Crippen molar-refractivity contribution in [1.29, 1.82) is 0 Å². The molecule has 0 radical (unpaired) electrons. The molecule has 0 aliphatic carbocycles. The number of anilines is 1. The van der Waals surface area contributed by atoms with Gasteiger partial charge in [-0.25, -0.2) is 0 Å². The van der Waals surface area contributed by atoms with E-state index in [1.807, 2.05) is 36.0 Å². The standard InChI is InChI=1S/C20H26N6O2/c1-15-17(5-3-7-21-15)19(27)25-11-9-24(10-12-25)18-6-4-8-26(20(18)28)16-13-22-23(2)14-16/h3,5,7,13-14,18H,4,6,8-12H2,1-2H3. The number of rotatable bonds is 3. The first-order valence-corrected chi connectivity index (χ1v) is 9.79. The molecule has 0 spiro atoms. The van der Waals surface area contributed by atoms with Crippen molar-refractivity contribution in [3.05, 3.63) is 42.0 Å². The Morgan fingerprint density at radius 2 is 1.96 bits per heavy atom. The minimum Gasteiger partial charge on any atom is -0.336 e. The van der Waals surface area contributed by atoms with Gasteiger partial charge >= 0.3 is 0 Å². The minimum atomic E-state index is -0.119. The highest BCUT2D eigenvalue weighted by atomic mass is 16.2. The van der Waals surface area contributed by atoms with Crippen LogP contribution >= 0.6 is 0 Å². The van der Waals surface area contributed by atoms with Crippen LogP contribution in [0.25, 0.3) is 0 Å². The number of pyridine rings is 1. The van der Waals surface area contributed by atoms with Gasteiger partial charge in [0.2, 0.25) is 5.91 Å². The summed E-state index contributed by atoms with van der Waals surface area (Å²) < 4.78 is 1.72. The van der Waals surface area contributed by atoms with Crippen molar-refractivity contribution in [2.75, 3.05) is 37.6 Å². The first-order valence-electron chi connectivity index (χ1n) is 9.79. The number of carbonyl (C=O) groups excluding carboxylic acids is 2. The van der Waals surface area contributed by atoms with Crippen molar-refractivity contribution in [1.82, 2.24) is 24.6 Å². The van der Waals surface area contributed by atoms with E-state index in [0.29, 0.717) is 31.7 Å². The number of hydrogen-bond donors (Lipinski definition) is 0. The zero-order valence-electron chi connectivity index (χ0n) is 16.4. The predicted octanol–water partition coefficient (Wildman–Crippen LogP) is 1.08. The summed E-state index contributed by atoms with van der Waals surface area (Å²) in [6, 6.07) is 3.50. The van der Waals surface area contributed by atoms with Crippen LogP contribution in [0.15, 0.2) is 30.7 Å². The highest BCUT2D eigenvalue weighted by Gasteiger charge is 2.36. The van der Waals surface area contributed by atoms with Crippen LogP contribution in [0.4, 0.5) is 5.69 Å². The molecule has 1 unspecified atom stereocenters. The van der Waals surface area contributed by atoms with Gasteiger partial charge in [0, 0.05) is 57.9 Å². The maximum absolute atomic E-state index is 13.1. The fraction of sp³-hybridized carbons (Fsp3) is 0.500. The Morgan fingerprint density at radius 3 is 2.64 bits per heavy atom. The second-order valence-corrected chi connectivity index (χ2v) is 7.48. The summed E-state index contributed by atoms with van der Waals surface area (Å²) in [4.78, 5) is 36.0. The lowest BCUT2D eigenvalue weighted by Gasteiger charge is -2.42. The largest absolute Gasteiger partial charge is 0.336 e. The third kappa shape index (κ3) is 3.52. The van der Waals surface area contributed by atoms with Gasteiger partial charge in [-0.05, 0) is 31.9 Å². The summed E-state index contributed by atoms with van der Waals surface area (Å²) in [6.07, 6.45) is 7.16. The Balaban J connectivity index is 1.40. The molecule has 2 fully saturated rings. The average Bonchev–Trinajstić information content (AvgIpc) is 3.14. The third-order valence-electron chi connectivity index (χ3n) is 5.69. The van der Waals surface area contributed by atoms with E-state index in [9.17, 15) is 9.59 Å². The molecule has 8 heteroatoms. The Bertz CT molecular complexity index is 871. The molecule has 2 aliphatic heterocycles. The van der Waals surface area contributed by atoms with E-state index in [1.54, 1.807) is 23.1 Å². The van der Waals surface area contributed by atoms with Crippen molar-refractivity contribution >= 4 is 17.5 Å². The molecule has 8 nitrogen and oxygen atoms in total. The number of nitrogens with zero attached hydrogens (tertiary/aromatic N) is 6. The molecule has 2 amide bonds. The van der Waals surface area contributed by atoms with Crippen molar-refractivity contribution in [2.24, 2.45) is 7.05 Å². The predicted molar refractivity (Wildman–Crippen MR) is 105 cm³/mol. The number of carbonyl (C=O) groups is 2. The zero-order valence-corrected chi connectivity index (χ0v) is 16.4. The second kappa shape index (κ2) is 7.71. The highest BCUT2D eigenvalue weighted by molar-refractivity contribution is 5.98. The van der Waals surface area contributed by atoms with Gasteiger partial charge in [0.25, 0.3) is 5.91 Å². The average molecular weight is 382 g/mol. The van der Waals surface area contributed by atoms with E-state index in [2.05, 4.69) is 15.0 Å². The van der Waals surface area contributed by atoms with Gasteiger partial charge in [0.05, 0.1) is 23.5 Å². The summed E-state index contributed by atoms with van der Waals surface area (Å²) in [7, 11) is 1.86. The molecule has 148 valence electrons. The Labute approximate surface area is 164 Å². The van der Waals surface area contributed by atoms with E-state index in [-0.39, 0.29) is 17.9 Å². The van der Waals surface area contributed by atoms with Crippen LogP contribution in [-0.2, 0) is 11.8 Å². The lowest BCUT2D eigenvalue weighted by molar-refractivity contribution is -0.126. The molecular formula is C20H26N6O2. The number of piperazine rings is 1. The molecule has 2 saturated heterocycles. The number of aromatic nitrogens is 3. The third-order valence-corrected chi connectivity index (χ3v) is 5.69. The molecule has 0 aromatic carbocycles. The molecule has 0 N–H and O–H groups in total. The fourth-order valence-corrected chi connectivity index (χ4v) is 4.12. The summed E-state index contributed by atoms with van der Waals surface area (Å²) in [5.41, 5.74) is 2.27. The number of hydrogen-bond acceptors (Lipinski definition) is 5. The van der Waals surface area contributed by atoms with Gasteiger partial charge in [-0.3, -0.25) is 24.2 Å². The summed E-state index contributed by atoms with van der Waals surface area (Å²) in [6.45, 7) is 5.27. The molecule has 2 aromatic heterocycles. The second-order valence-electron chi connectivity index (χ2n) is 7.48. The molecule has 2 aliphatic rings. The first-order chi connectivity index (χ1) is 13.5. The van der Waals surface area contributed by atoms with Gasteiger partial charge in [-0.1, -0.05) is 0 Å². The minimum absolute atomic E-state index is 0.0252. The SMILES string of the molecule is Cc1ncccc1C(=O)N1CCN(C2CCCN(c3cnn(C)c3)C2=O)CC1. The lowest BCUT2D eigenvalue weighted by atomic mass is 10.0. The summed E-state index contributed by atoms with van der Waals surface area (Å²) >= 11 is 0. The summed E-state index contributed by atoms with van der Waals surface area (Å²) in [5.74, 6) is 0.166. The lowest BCUT2D eigenvalue weighted by Crippen LogP contribution is -2.58. The Morgan fingerprint density at radius 1 is 1.18 bits per heavy atom. The van der Waals surface area contributed by atoms with Crippen molar-refractivity contribution < 1.29 is 9.59 Å². The Kier molecular flexibility index (Phi) is 5.13. The molecule has 28 heavy (non-hydrogen) atoms. The van der Waals surface area contributed by atoms with E-state index in [1.165, 1.54) is 0 Å². The van der Waals surface area contributed by atoms with E-state index < -0.39 is 0 Å². The normalized spacial score (nSPS) is 21.2. The van der Waals surface area contributed by atoms with Gasteiger partial charge in [-0.15, -0.1) is 0 Å². The van der Waals surface area contributed by atoms with Gasteiger partial charge in [0.15, 0.2) is 0 Å². The molecule has 1 atom stereocenters. The maximum atomic E-state index is 13.1. The van der Waals surface area contributed by atoms with Crippen LogP contribution < -0.4 is 4.90 Å². The van der Waals surface area contributed by atoms with Crippen molar-refractivity contribution in [3.8, 4) is 0 Å². The van der Waals surface area contributed by atoms with Crippen molar-refractivity contribution in [3.63, 3.8) is 0 Å². The number of piperidine rings is 1. The molecule has 4 rings (SSSR count). The maximum Gasteiger partial charge on any atom is 0.255 e. The molecule has 4 heterocycles. The first kappa shape index (κ1) is 18.6. The number of aryl methyl sites for hydroxylation is 2. The van der Waals surface area contributed by atoms with Crippen LogP contribution in [0.2, 0.25) is 0 Å². The molecular weight excluding hydrogens is 356 g/mol. The fourth-order valence-electron chi connectivity index (χ4n) is 4.12. The van der Waals surface area contributed by atoms with Gasteiger partial charge in [-0.2, -0.15) is 5.10 Å². The van der Waals surface area contributed by atoms with Gasteiger partial charge in [0.1, 0.15) is 0 Å². The molecule has 2 aromatic rings. The monoisotopic (exact) mass is 382 g/mol. The van der Waals surface area contributed by atoms with Crippen LogP contribution in [0.3, 0.4) is 0 Å². The van der Waals surface area contributed by atoms with Crippen LogP contribution in [0.5, 0.6) is 0 Å². The number of amides is 2. The quantitative estimate of drug-likeness (QED) is 0.794. The smallest absolute Gasteiger partial charge is 0.255 e.